The van der Waals surface area contributed by atoms with Gasteiger partial charge in [0.1, 0.15) is 0 Å². The van der Waals surface area contributed by atoms with Crippen molar-refractivity contribution in [3.8, 4) is 0 Å². The average molecular weight is 258 g/mol. The highest BCUT2D eigenvalue weighted by molar-refractivity contribution is 7.91. The van der Waals surface area contributed by atoms with E-state index in [0.717, 1.165) is 0 Å². The summed E-state index contributed by atoms with van der Waals surface area (Å²) < 4.78 is 28.8. The molecule has 1 unspecified atom stereocenters. The zero-order valence-corrected chi connectivity index (χ0v) is 10.4. The lowest BCUT2D eigenvalue weighted by Gasteiger charge is -2.11. The summed E-state index contributed by atoms with van der Waals surface area (Å²) in [5.74, 6) is -1.50. The Morgan fingerprint density at radius 1 is 1.41 bits per heavy atom. The number of rotatable bonds is 5. The zero-order chi connectivity index (χ0) is 13.1. The summed E-state index contributed by atoms with van der Waals surface area (Å²) >= 11 is 0. The van der Waals surface area contributed by atoms with Crippen LogP contribution in [0.4, 0.5) is 0 Å². The Balaban J connectivity index is 3.20. The van der Waals surface area contributed by atoms with Crippen molar-refractivity contribution in [1.82, 2.24) is 0 Å². The predicted octanol–water partition coefficient (Wildman–Crippen LogP) is 1.19. The van der Waals surface area contributed by atoms with E-state index in [1.54, 1.807) is 6.92 Å². The number of carbonyl (C=O) groups is 1. The zero-order valence-electron chi connectivity index (χ0n) is 9.58. The fourth-order valence-electron chi connectivity index (χ4n) is 1.38. The van der Waals surface area contributed by atoms with Crippen LogP contribution in [0.5, 0.6) is 0 Å². The van der Waals surface area contributed by atoms with Crippen LogP contribution in [0.15, 0.2) is 29.2 Å². The Hall–Kier alpha value is -1.40. The van der Waals surface area contributed by atoms with E-state index in [-0.39, 0.29) is 16.2 Å². The Morgan fingerprint density at radius 2 is 2.00 bits per heavy atom. The van der Waals surface area contributed by atoms with E-state index in [1.807, 2.05) is 0 Å². The third-order valence-electron chi connectivity index (χ3n) is 2.31. The molecule has 0 saturated heterocycles. The van der Waals surface area contributed by atoms with Gasteiger partial charge in [0, 0.05) is 7.11 Å². The minimum Gasteiger partial charge on any atom is -0.478 e. The molecule has 0 bridgehead atoms. The van der Waals surface area contributed by atoms with E-state index in [4.69, 9.17) is 9.84 Å². The number of methoxy groups -OCH3 is 1. The van der Waals surface area contributed by atoms with Crippen LogP contribution in [0.2, 0.25) is 0 Å². The monoisotopic (exact) mass is 258 g/mol. The van der Waals surface area contributed by atoms with E-state index in [0.29, 0.717) is 0 Å². The number of hydrogen-bond acceptors (Lipinski definition) is 4. The summed E-state index contributed by atoms with van der Waals surface area (Å²) in [7, 11) is -2.25. The van der Waals surface area contributed by atoms with Crippen molar-refractivity contribution in [1.29, 1.82) is 0 Å². The van der Waals surface area contributed by atoms with Gasteiger partial charge >= 0.3 is 5.97 Å². The molecule has 0 aromatic heterocycles. The van der Waals surface area contributed by atoms with Crippen molar-refractivity contribution < 1.29 is 23.1 Å². The highest BCUT2D eigenvalue weighted by atomic mass is 32.2. The number of aromatic carboxylic acids is 1. The molecule has 0 fully saturated rings. The summed E-state index contributed by atoms with van der Waals surface area (Å²) in [6.45, 7) is 1.61. The van der Waals surface area contributed by atoms with Crippen LogP contribution in [0.25, 0.3) is 0 Å². The second kappa shape index (κ2) is 5.29. The minimum absolute atomic E-state index is 0.170. The maximum Gasteiger partial charge on any atom is 0.337 e. The molecule has 5 nitrogen and oxygen atoms in total. The number of benzene rings is 1. The van der Waals surface area contributed by atoms with Crippen LogP contribution in [0.1, 0.15) is 17.3 Å². The van der Waals surface area contributed by atoms with Gasteiger partial charge in [-0.2, -0.15) is 0 Å². The molecule has 1 aromatic rings. The Labute approximate surface area is 100.0 Å². The maximum atomic E-state index is 12.0. The van der Waals surface area contributed by atoms with Crippen LogP contribution in [0.3, 0.4) is 0 Å². The van der Waals surface area contributed by atoms with Gasteiger partial charge in [-0.15, -0.1) is 0 Å². The average Bonchev–Trinajstić information content (AvgIpc) is 2.28. The summed E-state index contributed by atoms with van der Waals surface area (Å²) in [5.41, 5.74) is -0.212. The Morgan fingerprint density at radius 3 is 2.53 bits per heavy atom. The Bertz CT molecular complexity index is 506. The van der Waals surface area contributed by atoms with Gasteiger partial charge in [0.15, 0.2) is 9.84 Å². The van der Waals surface area contributed by atoms with Crippen molar-refractivity contribution in [2.24, 2.45) is 0 Å². The van der Waals surface area contributed by atoms with Gasteiger partial charge in [-0.05, 0) is 19.1 Å². The van der Waals surface area contributed by atoms with Crippen LogP contribution < -0.4 is 0 Å². The topological polar surface area (TPSA) is 80.7 Å². The number of sulfone groups is 1. The van der Waals surface area contributed by atoms with E-state index >= 15 is 0 Å². The third-order valence-corrected chi connectivity index (χ3v) is 4.24. The van der Waals surface area contributed by atoms with Gasteiger partial charge in [0.05, 0.1) is 22.3 Å². The summed E-state index contributed by atoms with van der Waals surface area (Å²) in [6.07, 6.45) is -0.484. The maximum absolute atomic E-state index is 12.0. The molecule has 0 aliphatic heterocycles. The molecule has 0 spiro atoms. The summed E-state index contributed by atoms with van der Waals surface area (Å²) in [5, 5.41) is 8.92. The standard InChI is InChI=1S/C11H14O5S/c1-8(16-2)7-17(14,15)10-6-4-3-5-9(10)11(12)13/h3-6,8H,7H2,1-2H3,(H,12,13). The molecule has 1 rings (SSSR count). The van der Waals surface area contributed by atoms with E-state index in [1.165, 1.54) is 31.4 Å². The number of ether oxygens (including phenoxy) is 1. The smallest absolute Gasteiger partial charge is 0.337 e. The highest BCUT2D eigenvalue weighted by Crippen LogP contribution is 2.18. The molecule has 1 aromatic carbocycles. The van der Waals surface area contributed by atoms with Gasteiger partial charge in [-0.1, -0.05) is 12.1 Å². The molecular formula is C11H14O5S. The summed E-state index contributed by atoms with van der Waals surface area (Å²) in [4.78, 5) is 10.8. The first-order valence-corrected chi connectivity index (χ1v) is 6.61. The third kappa shape index (κ3) is 3.28. The SMILES string of the molecule is COC(C)CS(=O)(=O)c1ccccc1C(=O)O. The number of carboxylic acids is 1. The Kier molecular flexibility index (Phi) is 4.25. The normalized spacial score (nSPS) is 13.3. The quantitative estimate of drug-likeness (QED) is 0.858. The van der Waals surface area contributed by atoms with Crippen molar-refractivity contribution in [2.45, 2.75) is 17.9 Å². The van der Waals surface area contributed by atoms with Gasteiger partial charge in [-0.25, -0.2) is 13.2 Å². The van der Waals surface area contributed by atoms with Crippen LogP contribution in [0, 0.1) is 0 Å². The molecule has 0 saturated carbocycles. The van der Waals surface area contributed by atoms with Gasteiger partial charge in [0.25, 0.3) is 0 Å². The largest absolute Gasteiger partial charge is 0.478 e. The highest BCUT2D eigenvalue weighted by Gasteiger charge is 2.23. The summed E-state index contributed by atoms with van der Waals surface area (Å²) in [6, 6.07) is 5.55. The lowest BCUT2D eigenvalue weighted by Crippen LogP contribution is -2.21. The lowest BCUT2D eigenvalue weighted by molar-refractivity contribution is 0.0692. The molecule has 6 heteroatoms. The molecule has 0 radical (unpaired) electrons. The molecule has 0 heterocycles. The van der Waals surface area contributed by atoms with Gasteiger partial charge in [0.2, 0.25) is 0 Å². The van der Waals surface area contributed by atoms with Gasteiger partial charge in [-0.3, -0.25) is 0 Å². The second-order valence-electron chi connectivity index (χ2n) is 3.63. The van der Waals surface area contributed by atoms with E-state index in [9.17, 15) is 13.2 Å². The molecule has 0 amide bonds. The van der Waals surface area contributed by atoms with Gasteiger partial charge < -0.3 is 9.84 Å². The van der Waals surface area contributed by atoms with Crippen LogP contribution >= 0.6 is 0 Å². The van der Waals surface area contributed by atoms with Crippen molar-refractivity contribution in [3.63, 3.8) is 0 Å². The van der Waals surface area contributed by atoms with Crippen molar-refractivity contribution >= 4 is 15.8 Å². The molecule has 17 heavy (non-hydrogen) atoms. The lowest BCUT2D eigenvalue weighted by atomic mass is 10.2. The first kappa shape index (κ1) is 13.7. The molecular weight excluding hydrogens is 244 g/mol. The second-order valence-corrected chi connectivity index (χ2v) is 5.63. The molecule has 1 atom stereocenters. The number of carboxylic acid groups (broad SMARTS) is 1. The fourth-order valence-corrected chi connectivity index (χ4v) is 3.09. The van der Waals surface area contributed by atoms with E-state index in [2.05, 4.69) is 0 Å². The van der Waals surface area contributed by atoms with Crippen molar-refractivity contribution in [2.75, 3.05) is 12.9 Å². The van der Waals surface area contributed by atoms with E-state index < -0.39 is 21.9 Å². The predicted molar refractivity (Wildman–Crippen MR) is 61.9 cm³/mol. The molecule has 0 aliphatic carbocycles. The fraction of sp³-hybridized carbons (Fsp3) is 0.364. The first-order chi connectivity index (χ1) is 7.88. The van der Waals surface area contributed by atoms with Crippen molar-refractivity contribution in [3.05, 3.63) is 29.8 Å². The first-order valence-electron chi connectivity index (χ1n) is 4.96. The van der Waals surface area contributed by atoms with Crippen LogP contribution in [-0.4, -0.2) is 38.5 Å². The number of hydrogen-bond donors (Lipinski definition) is 1. The molecule has 94 valence electrons. The molecule has 1 N–H and O–H groups in total. The molecule has 0 aliphatic rings. The van der Waals surface area contributed by atoms with Crippen LogP contribution in [-0.2, 0) is 14.6 Å². The minimum atomic E-state index is -3.65.